The molecule has 160 valence electrons. The van der Waals surface area contributed by atoms with Gasteiger partial charge in [0.2, 0.25) is 5.89 Å². The maximum absolute atomic E-state index is 11.4. The van der Waals surface area contributed by atoms with Crippen LogP contribution >= 0.6 is 0 Å². The van der Waals surface area contributed by atoms with E-state index in [2.05, 4.69) is 0 Å². The molecule has 0 aliphatic heterocycles. The fourth-order valence-corrected chi connectivity index (χ4v) is 3.18. The van der Waals surface area contributed by atoms with Crippen LogP contribution in [0.15, 0.2) is 95.4 Å². The summed E-state index contributed by atoms with van der Waals surface area (Å²) in [6.07, 6.45) is 3.11. The molecule has 5 heteroatoms. The number of rotatable bonds is 8. The molecule has 0 saturated carbocycles. The van der Waals surface area contributed by atoms with Gasteiger partial charge in [-0.15, -0.1) is 0 Å². The van der Waals surface area contributed by atoms with Crippen molar-refractivity contribution in [3.63, 3.8) is 0 Å². The quantitative estimate of drug-likeness (QED) is 0.250. The first-order chi connectivity index (χ1) is 15.7. The normalized spacial score (nSPS) is 10.9. The zero-order valence-corrected chi connectivity index (χ0v) is 17.7. The molecule has 0 amide bonds. The third-order valence-corrected chi connectivity index (χ3v) is 4.70. The minimum Gasteiger partial charge on any atom is -0.484 e. The average molecular weight is 425 g/mol. The Hall–Kier alpha value is -4.12. The summed E-state index contributed by atoms with van der Waals surface area (Å²) < 4.78 is 16.9. The largest absolute Gasteiger partial charge is 0.484 e. The van der Waals surface area contributed by atoms with Gasteiger partial charge >= 0.3 is 5.97 Å². The number of hydrogen-bond acceptors (Lipinski definition) is 5. The molecule has 0 radical (unpaired) electrons. The smallest absolute Gasteiger partial charge is 0.330 e. The third-order valence-electron chi connectivity index (χ3n) is 4.70. The molecule has 1 heterocycles. The highest BCUT2D eigenvalue weighted by Gasteiger charge is 2.17. The molecule has 32 heavy (non-hydrogen) atoms. The average Bonchev–Trinajstić information content (AvgIpc) is 3.28. The summed E-state index contributed by atoms with van der Waals surface area (Å²) >= 11 is 0. The number of aromatic nitrogens is 1. The molecule has 0 aliphatic rings. The topological polar surface area (TPSA) is 61.6 Å². The Kier molecular flexibility index (Phi) is 6.78. The van der Waals surface area contributed by atoms with Gasteiger partial charge in [0.15, 0.2) is 12.4 Å². The van der Waals surface area contributed by atoms with Gasteiger partial charge in [-0.05, 0) is 30.7 Å². The number of ether oxygens (including phenoxy) is 2. The predicted molar refractivity (Wildman–Crippen MR) is 124 cm³/mol. The molecule has 0 spiro atoms. The Balaban J connectivity index is 1.49. The highest BCUT2D eigenvalue weighted by Crippen LogP contribution is 2.32. The molecule has 0 aliphatic carbocycles. The second kappa shape index (κ2) is 10.3. The van der Waals surface area contributed by atoms with Gasteiger partial charge in [0.1, 0.15) is 11.4 Å². The van der Waals surface area contributed by atoms with Crippen LogP contribution in [0.2, 0.25) is 0 Å². The Bertz CT molecular complexity index is 1120. The van der Waals surface area contributed by atoms with Gasteiger partial charge in [-0.25, -0.2) is 9.78 Å². The number of oxazole rings is 1. The van der Waals surface area contributed by atoms with E-state index in [1.54, 1.807) is 13.0 Å². The van der Waals surface area contributed by atoms with E-state index < -0.39 is 0 Å². The number of esters is 1. The van der Waals surface area contributed by atoms with Crippen LogP contribution in [0.4, 0.5) is 0 Å². The van der Waals surface area contributed by atoms with Crippen molar-refractivity contribution in [1.29, 1.82) is 0 Å². The third kappa shape index (κ3) is 5.32. The van der Waals surface area contributed by atoms with E-state index in [0.717, 1.165) is 28.1 Å². The highest BCUT2D eigenvalue weighted by atomic mass is 16.5. The van der Waals surface area contributed by atoms with Crippen LogP contribution in [0.25, 0.3) is 28.7 Å². The lowest BCUT2D eigenvalue weighted by Gasteiger charge is -2.04. The molecule has 0 bridgehead atoms. The Morgan fingerprint density at radius 3 is 2.22 bits per heavy atom. The van der Waals surface area contributed by atoms with Crippen molar-refractivity contribution in [2.45, 2.75) is 13.5 Å². The van der Waals surface area contributed by atoms with Crippen LogP contribution < -0.4 is 4.74 Å². The molecule has 1 aromatic heterocycles. The summed E-state index contributed by atoms with van der Waals surface area (Å²) in [5, 5.41) is 0. The molecular weight excluding hydrogens is 402 g/mol. The second-order valence-electron chi connectivity index (χ2n) is 6.96. The highest BCUT2D eigenvalue weighted by molar-refractivity contribution is 5.87. The van der Waals surface area contributed by atoms with Crippen molar-refractivity contribution in [3.8, 4) is 28.3 Å². The van der Waals surface area contributed by atoms with Crippen molar-refractivity contribution in [2.24, 2.45) is 0 Å². The summed E-state index contributed by atoms with van der Waals surface area (Å²) in [7, 11) is 0. The van der Waals surface area contributed by atoms with E-state index >= 15 is 0 Å². The number of carbonyl (C=O) groups is 1. The van der Waals surface area contributed by atoms with Crippen molar-refractivity contribution in [3.05, 3.63) is 102 Å². The van der Waals surface area contributed by atoms with Crippen molar-refractivity contribution in [1.82, 2.24) is 4.98 Å². The van der Waals surface area contributed by atoms with Gasteiger partial charge in [-0.3, -0.25) is 0 Å². The molecule has 0 fully saturated rings. The van der Waals surface area contributed by atoms with E-state index in [0.29, 0.717) is 18.2 Å². The van der Waals surface area contributed by atoms with Crippen LogP contribution in [-0.2, 0) is 16.1 Å². The lowest BCUT2D eigenvalue weighted by molar-refractivity contribution is -0.137. The van der Waals surface area contributed by atoms with Gasteiger partial charge in [-0.1, -0.05) is 72.8 Å². The number of nitrogens with zero attached hydrogens (tertiary/aromatic N) is 1. The Morgan fingerprint density at radius 1 is 0.906 bits per heavy atom. The first-order valence-corrected chi connectivity index (χ1v) is 10.4. The van der Waals surface area contributed by atoms with Gasteiger partial charge in [0.25, 0.3) is 0 Å². The van der Waals surface area contributed by atoms with Crippen LogP contribution in [0.5, 0.6) is 5.75 Å². The van der Waals surface area contributed by atoms with Crippen molar-refractivity contribution in [2.75, 3.05) is 6.61 Å². The molecule has 0 N–H and O–H groups in total. The maximum Gasteiger partial charge on any atom is 0.330 e. The van der Waals surface area contributed by atoms with Crippen molar-refractivity contribution >= 4 is 12.0 Å². The summed E-state index contributed by atoms with van der Waals surface area (Å²) in [4.78, 5) is 16.1. The van der Waals surface area contributed by atoms with Gasteiger partial charge in [0, 0.05) is 17.2 Å². The lowest BCUT2D eigenvalue weighted by atomic mass is 10.1. The minimum absolute atomic E-state index is 0.199. The van der Waals surface area contributed by atoms with E-state index in [9.17, 15) is 4.79 Å². The summed E-state index contributed by atoms with van der Waals surface area (Å²) in [6, 6.07) is 27.3. The van der Waals surface area contributed by atoms with Gasteiger partial charge < -0.3 is 13.9 Å². The number of benzene rings is 3. The summed E-state index contributed by atoms with van der Waals surface area (Å²) in [5.41, 5.74) is 3.61. The minimum atomic E-state index is -0.361. The zero-order chi connectivity index (χ0) is 22.2. The fourth-order valence-electron chi connectivity index (χ4n) is 3.18. The molecule has 0 unspecified atom stereocenters. The molecular formula is C27H23NO4. The van der Waals surface area contributed by atoms with E-state index in [4.69, 9.17) is 18.9 Å². The molecule has 0 saturated heterocycles. The summed E-state index contributed by atoms with van der Waals surface area (Å²) in [5.74, 6) is 1.53. The zero-order valence-electron chi connectivity index (χ0n) is 17.7. The van der Waals surface area contributed by atoms with Crippen LogP contribution in [-0.4, -0.2) is 17.6 Å². The maximum atomic E-state index is 11.4. The molecule has 0 atom stereocenters. The monoisotopic (exact) mass is 425 g/mol. The Morgan fingerprint density at radius 2 is 1.56 bits per heavy atom. The Labute approximate surface area is 187 Å². The van der Waals surface area contributed by atoms with Crippen LogP contribution in [0.3, 0.4) is 0 Å². The van der Waals surface area contributed by atoms with E-state index in [1.807, 2.05) is 84.9 Å². The van der Waals surface area contributed by atoms with Crippen molar-refractivity contribution < 1.29 is 18.7 Å². The first kappa shape index (κ1) is 21.1. The molecule has 4 aromatic rings. The number of hydrogen-bond donors (Lipinski definition) is 0. The molecule has 4 rings (SSSR count). The van der Waals surface area contributed by atoms with E-state index in [1.165, 1.54) is 6.08 Å². The standard InChI is InChI=1S/C27H23NO4/c1-2-30-25(29)18-15-20-13-16-23(17-14-20)31-19-24-28-26(21-9-5-3-6-10-21)27(32-24)22-11-7-4-8-12-22/h3-18H,2,19H2,1H3. The SMILES string of the molecule is CCOC(=O)C=Cc1ccc(OCc2nc(-c3ccccc3)c(-c3ccccc3)o2)cc1. The lowest BCUT2D eigenvalue weighted by Crippen LogP contribution is -1.98. The summed E-state index contributed by atoms with van der Waals surface area (Å²) in [6.45, 7) is 2.33. The predicted octanol–water partition coefficient (Wildman–Crippen LogP) is 6.16. The second-order valence-corrected chi connectivity index (χ2v) is 6.96. The first-order valence-electron chi connectivity index (χ1n) is 10.4. The molecule has 3 aromatic carbocycles. The number of carbonyl (C=O) groups excluding carboxylic acids is 1. The molecule has 5 nitrogen and oxygen atoms in total. The van der Waals surface area contributed by atoms with Crippen LogP contribution in [0.1, 0.15) is 18.4 Å². The van der Waals surface area contributed by atoms with E-state index in [-0.39, 0.29) is 12.6 Å². The fraction of sp³-hybridized carbons (Fsp3) is 0.111. The van der Waals surface area contributed by atoms with Gasteiger partial charge in [-0.2, -0.15) is 0 Å². The van der Waals surface area contributed by atoms with Crippen LogP contribution in [0, 0.1) is 0 Å². The van der Waals surface area contributed by atoms with Gasteiger partial charge in [0.05, 0.1) is 6.61 Å².